The summed E-state index contributed by atoms with van der Waals surface area (Å²) in [6, 6.07) is 10.5. The lowest BCUT2D eigenvalue weighted by molar-refractivity contribution is -0.124. The number of rotatable bonds is 8. The summed E-state index contributed by atoms with van der Waals surface area (Å²) in [5.41, 5.74) is 0.880. The largest absolute Gasteiger partial charge is 0.494 e. The number of pyridine rings is 1. The van der Waals surface area contributed by atoms with E-state index in [4.69, 9.17) is 9.47 Å². The summed E-state index contributed by atoms with van der Waals surface area (Å²) in [4.78, 5) is 20.3. The van der Waals surface area contributed by atoms with E-state index in [0.29, 0.717) is 24.8 Å². The van der Waals surface area contributed by atoms with E-state index in [1.165, 1.54) is 17.3 Å². The number of amides is 1. The normalized spacial score (nSPS) is 11.6. The maximum Gasteiger partial charge on any atom is 0.244 e. The standard InChI is InChI=1S/C19H21N5O3/c1-3-26-16-4-6-17(7-5-16)27-18-10-15(8-9-21-18)11-22-19(25)14(2)24-13-20-12-23-24/h4-10,12-14H,3,11H2,1-2H3,(H,22,25). The van der Waals surface area contributed by atoms with Crippen LogP contribution in [0.4, 0.5) is 0 Å². The molecule has 3 aromatic rings. The summed E-state index contributed by atoms with van der Waals surface area (Å²) in [6.45, 7) is 4.67. The van der Waals surface area contributed by atoms with Crippen LogP contribution < -0.4 is 14.8 Å². The third-order valence-corrected chi connectivity index (χ3v) is 3.84. The number of ether oxygens (including phenoxy) is 2. The molecule has 0 saturated heterocycles. The highest BCUT2D eigenvalue weighted by Gasteiger charge is 2.15. The quantitative estimate of drug-likeness (QED) is 0.658. The molecule has 0 saturated carbocycles. The number of hydrogen-bond donors (Lipinski definition) is 1. The average molecular weight is 367 g/mol. The summed E-state index contributed by atoms with van der Waals surface area (Å²) in [6.07, 6.45) is 4.56. The van der Waals surface area contributed by atoms with Crippen molar-refractivity contribution in [1.29, 1.82) is 0 Å². The molecule has 1 amide bonds. The van der Waals surface area contributed by atoms with E-state index in [1.807, 2.05) is 37.3 Å². The molecule has 0 aliphatic rings. The van der Waals surface area contributed by atoms with Gasteiger partial charge in [0.1, 0.15) is 30.2 Å². The molecular formula is C19H21N5O3. The minimum Gasteiger partial charge on any atom is -0.494 e. The van der Waals surface area contributed by atoms with Crippen molar-refractivity contribution in [2.75, 3.05) is 6.61 Å². The minimum atomic E-state index is -0.436. The number of carbonyl (C=O) groups excluding carboxylic acids is 1. The Labute approximate surface area is 157 Å². The molecule has 1 atom stereocenters. The molecular weight excluding hydrogens is 346 g/mol. The van der Waals surface area contributed by atoms with Crippen molar-refractivity contribution in [3.63, 3.8) is 0 Å². The van der Waals surface area contributed by atoms with Gasteiger partial charge >= 0.3 is 0 Å². The first-order valence-corrected chi connectivity index (χ1v) is 8.63. The van der Waals surface area contributed by atoms with Crippen molar-refractivity contribution < 1.29 is 14.3 Å². The molecule has 27 heavy (non-hydrogen) atoms. The number of nitrogens with one attached hydrogen (secondary N) is 1. The second-order valence-electron chi connectivity index (χ2n) is 5.78. The van der Waals surface area contributed by atoms with E-state index >= 15 is 0 Å². The lowest BCUT2D eigenvalue weighted by Crippen LogP contribution is -2.30. The van der Waals surface area contributed by atoms with Crippen LogP contribution in [-0.2, 0) is 11.3 Å². The maximum atomic E-state index is 12.2. The second-order valence-corrected chi connectivity index (χ2v) is 5.78. The molecule has 2 heterocycles. The monoisotopic (exact) mass is 367 g/mol. The van der Waals surface area contributed by atoms with Crippen LogP contribution in [0.2, 0.25) is 0 Å². The molecule has 0 radical (unpaired) electrons. The van der Waals surface area contributed by atoms with Crippen LogP contribution in [0.25, 0.3) is 0 Å². The molecule has 8 heteroatoms. The van der Waals surface area contributed by atoms with E-state index in [1.54, 1.807) is 19.2 Å². The highest BCUT2D eigenvalue weighted by atomic mass is 16.5. The second kappa shape index (κ2) is 8.79. The van der Waals surface area contributed by atoms with E-state index in [0.717, 1.165) is 11.3 Å². The van der Waals surface area contributed by atoms with E-state index in [2.05, 4.69) is 20.4 Å². The van der Waals surface area contributed by atoms with Gasteiger partial charge in [-0.3, -0.25) is 4.79 Å². The molecule has 0 aliphatic heterocycles. The first kappa shape index (κ1) is 18.4. The van der Waals surface area contributed by atoms with Crippen LogP contribution in [0.15, 0.2) is 55.2 Å². The highest BCUT2D eigenvalue weighted by molar-refractivity contribution is 5.79. The highest BCUT2D eigenvalue weighted by Crippen LogP contribution is 2.23. The molecule has 1 N–H and O–H groups in total. The van der Waals surface area contributed by atoms with Gasteiger partial charge in [0.2, 0.25) is 11.8 Å². The first-order valence-electron chi connectivity index (χ1n) is 8.63. The van der Waals surface area contributed by atoms with Crippen LogP contribution >= 0.6 is 0 Å². The summed E-state index contributed by atoms with van der Waals surface area (Å²) in [5, 5.41) is 6.85. The topological polar surface area (TPSA) is 91.2 Å². The SMILES string of the molecule is CCOc1ccc(Oc2cc(CNC(=O)C(C)n3cncn3)ccn2)cc1. The number of carbonyl (C=O) groups is 1. The van der Waals surface area contributed by atoms with Crippen LogP contribution in [0.3, 0.4) is 0 Å². The Morgan fingerprint density at radius 3 is 2.70 bits per heavy atom. The molecule has 0 spiro atoms. The summed E-state index contributed by atoms with van der Waals surface area (Å²) in [5.74, 6) is 1.75. The zero-order chi connectivity index (χ0) is 19.1. The van der Waals surface area contributed by atoms with Crippen LogP contribution in [0.5, 0.6) is 17.4 Å². The third kappa shape index (κ3) is 5.04. The molecule has 0 fully saturated rings. The molecule has 1 unspecified atom stereocenters. The molecule has 8 nitrogen and oxygen atoms in total. The average Bonchev–Trinajstić information content (AvgIpc) is 3.22. The summed E-state index contributed by atoms with van der Waals surface area (Å²) >= 11 is 0. The zero-order valence-electron chi connectivity index (χ0n) is 15.2. The van der Waals surface area contributed by atoms with Gasteiger partial charge in [0.25, 0.3) is 0 Å². The van der Waals surface area contributed by atoms with Crippen LogP contribution in [0, 0.1) is 0 Å². The lowest BCUT2D eigenvalue weighted by Gasteiger charge is -2.12. The van der Waals surface area contributed by atoms with Gasteiger partial charge in [0, 0.05) is 18.8 Å². The number of benzene rings is 1. The predicted molar refractivity (Wildman–Crippen MR) is 98.5 cm³/mol. The van der Waals surface area contributed by atoms with Gasteiger partial charge < -0.3 is 14.8 Å². The molecule has 2 aromatic heterocycles. The van der Waals surface area contributed by atoms with E-state index in [9.17, 15) is 4.79 Å². The van der Waals surface area contributed by atoms with Crippen molar-refractivity contribution in [2.45, 2.75) is 26.4 Å². The van der Waals surface area contributed by atoms with Gasteiger partial charge in [0.05, 0.1) is 6.61 Å². The van der Waals surface area contributed by atoms with Crippen molar-refractivity contribution in [3.8, 4) is 17.4 Å². The van der Waals surface area contributed by atoms with Gasteiger partial charge in [-0.25, -0.2) is 14.6 Å². The fourth-order valence-electron chi connectivity index (χ4n) is 2.38. The minimum absolute atomic E-state index is 0.147. The Morgan fingerprint density at radius 2 is 2.00 bits per heavy atom. The summed E-state index contributed by atoms with van der Waals surface area (Å²) in [7, 11) is 0. The van der Waals surface area contributed by atoms with Gasteiger partial charge in [0.15, 0.2) is 0 Å². The Hall–Kier alpha value is -3.42. The maximum absolute atomic E-state index is 12.2. The van der Waals surface area contributed by atoms with Gasteiger partial charge in [-0.05, 0) is 49.7 Å². The van der Waals surface area contributed by atoms with Crippen LogP contribution in [0.1, 0.15) is 25.5 Å². The molecule has 140 valence electrons. The van der Waals surface area contributed by atoms with Crippen LogP contribution in [-0.4, -0.2) is 32.3 Å². The third-order valence-electron chi connectivity index (χ3n) is 3.84. The Kier molecular flexibility index (Phi) is 5.98. The first-order chi connectivity index (χ1) is 13.2. The fraction of sp³-hybridized carbons (Fsp3) is 0.263. The number of hydrogen-bond acceptors (Lipinski definition) is 6. The Morgan fingerprint density at radius 1 is 1.22 bits per heavy atom. The molecule has 1 aromatic carbocycles. The Bertz CT molecular complexity index is 865. The van der Waals surface area contributed by atoms with Gasteiger partial charge in [-0.15, -0.1) is 0 Å². The van der Waals surface area contributed by atoms with Crippen molar-refractivity contribution in [3.05, 3.63) is 60.8 Å². The molecule has 0 bridgehead atoms. The lowest BCUT2D eigenvalue weighted by atomic mass is 10.2. The van der Waals surface area contributed by atoms with Gasteiger partial charge in [-0.2, -0.15) is 5.10 Å². The van der Waals surface area contributed by atoms with E-state index < -0.39 is 6.04 Å². The molecule has 3 rings (SSSR count). The van der Waals surface area contributed by atoms with Crippen molar-refractivity contribution in [1.82, 2.24) is 25.1 Å². The van der Waals surface area contributed by atoms with Crippen molar-refractivity contribution >= 4 is 5.91 Å². The smallest absolute Gasteiger partial charge is 0.244 e. The Balaban J connectivity index is 1.57. The number of aromatic nitrogens is 4. The molecule has 0 aliphatic carbocycles. The summed E-state index contributed by atoms with van der Waals surface area (Å²) < 4.78 is 12.7. The van der Waals surface area contributed by atoms with Gasteiger partial charge in [-0.1, -0.05) is 0 Å². The number of nitrogens with zero attached hydrogens (tertiary/aromatic N) is 4. The van der Waals surface area contributed by atoms with Crippen molar-refractivity contribution in [2.24, 2.45) is 0 Å². The predicted octanol–water partition coefficient (Wildman–Crippen LogP) is 2.74. The van der Waals surface area contributed by atoms with E-state index in [-0.39, 0.29) is 5.91 Å². The fourth-order valence-corrected chi connectivity index (χ4v) is 2.38. The zero-order valence-corrected chi connectivity index (χ0v) is 15.2.